The molecule has 300 valence electrons. The molecule has 3 aliphatic heterocycles. The number of rotatable bonds is 12. The standard InChI is InChI=1S/C38H52F3N9O3S2/c1-44(2)34-12-11-32-36(42-34)50(37(51)45(32)3)28-13-20-47(21-14-28)18-8-19-49-31-15-22-48(55(4,52)53)26-29(31)35(43-49)27-9-10-30(38(39,40)41)33(25-27)54-24-23-46-16-6-5-7-17-46/h9-12,25,28H,5-8,13-24,26H2,1-4H3. The van der Waals surface area contributed by atoms with Crippen LogP contribution in [0.1, 0.15) is 61.4 Å². The molecule has 0 bridgehead atoms. The van der Waals surface area contributed by atoms with Gasteiger partial charge in [0, 0.05) is 100 Å². The lowest BCUT2D eigenvalue weighted by Gasteiger charge is -2.32. The van der Waals surface area contributed by atoms with E-state index in [2.05, 4.69) is 9.80 Å². The van der Waals surface area contributed by atoms with Crippen LogP contribution in [0.3, 0.4) is 0 Å². The average Bonchev–Trinajstić information content (AvgIpc) is 3.64. The Bertz CT molecular complexity index is 2170. The second-order valence-corrected chi connectivity index (χ2v) is 18.5. The molecule has 3 aromatic heterocycles. The van der Waals surface area contributed by atoms with Crippen molar-refractivity contribution in [2.45, 2.75) is 75.1 Å². The van der Waals surface area contributed by atoms with Gasteiger partial charge in [-0.1, -0.05) is 12.5 Å². The second kappa shape index (κ2) is 16.2. The number of thioether (sulfide) groups is 1. The van der Waals surface area contributed by atoms with Gasteiger partial charge in [-0.2, -0.15) is 22.6 Å². The van der Waals surface area contributed by atoms with E-state index in [-0.39, 0.29) is 23.2 Å². The van der Waals surface area contributed by atoms with Gasteiger partial charge in [-0.15, -0.1) is 11.8 Å². The van der Waals surface area contributed by atoms with Crippen molar-refractivity contribution >= 4 is 38.8 Å². The number of piperidine rings is 2. The SMILES string of the molecule is CN(C)c1ccc2c(n1)n(C1CCN(CCCn3nc(-c4ccc(C(F)(F)F)c(SCCN5CCCCC5)c4)c4c3CCN(S(C)(=O)=O)C4)CC1)c(=O)n2C. The number of halogens is 3. The number of hydrogen-bond donors (Lipinski definition) is 0. The lowest BCUT2D eigenvalue weighted by Crippen LogP contribution is -2.38. The van der Waals surface area contributed by atoms with Gasteiger partial charge in [0.2, 0.25) is 10.0 Å². The third-order valence-electron chi connectivity index (χ3n) is 11.4. The molecular weight excluding hydrogens is 752 g/mol. The van der Waals surface area contributed by atoms with Gasteiger partial charge in [0.05, 0.1) is 23.0 Å². The molecule has 0 unspecified atom stereocenters. The third-order valence-corrected chi connectivity index (χ3v) is 13.7. The molecule has 0 aliphatic carbocycles. The molecule has 7 rings (SSSR count). The van der Waals surface area contributed by atoms with Gasteiger partial charge in [0.15, 0.2) is 5.65 Å². The number of aromatic nitrogens is 5. The van der Waals surface area contributed by atoms with Crippen LogP contribution in [0.5, 0.6) is 0 Å². The quantitative estimate of drug-likeness (QED) is 0.177. The molecule has 0 amide bonds. The van der Waals surface area contributed by atoms with Crippen LogP contribution in [0, 0.1) is 0 Å². The molecule has 4 aromatic rings. The Morgan fingerprint density at radius 3 is 2.36 bits per heavy atom. The van der Waals surface area contributed by atoms with Gasteiger partial charge in [0.25, 0.3) is 0 Å². The molecule has 55 heavy (non-hydrogen) atoms. The molecule has 12 nitrogen and oxygen atoms in total. The van der Waals surface area contributed by atoms with E-state index >= 15 is 0 Å². The Morgan fingerprint density at radius 1 is 0.945 bits per heavy atom. The second-order valence-electron chi connectivity index (χ2n) is 15.3. The average molecular weight is 804 g/mol. The van der Waals surface area contributed by atoms with Crippen LogP contribution in [0.25, 0.3) is 22.4 Å². The highest BCUT2D eigenvalue weighted by Gasteiger charge is 2.35. The predicted octanol–water partition coefficient (Wildman–Crippen LogP) is 5.31. The molecule has 0 radical (unpaired) electrons. The number of imidazole rings is 1. The Labute approximate surface area is 325 Å². The zero-order valence-corrected chi connectivity index (χ0v) is 33.8. The van der Waals surface area contributed by atoms with Crippen LogP contribution >= 0.6 is 11.8 Å². The zero-order chi connectivity index (χ0) is 39.1. The summed E-state index contributed by atoms with van der Waals surface area (Å²) >= 11 is 1.22. The number of fused-ring (bicyclic) bond motifs is 2. The minimum Gasteiger partial charge on any atom is -0.363 e. The minimum absolute atomic E-state index is 0.0485. The van der Waals surface area contributed by atoms with Crippen LogP contribution in [-0.4, -0.2) is 118 Å². The monoisotopic (exact) mass is 803 g/mol. The van der Waals surface area contributed by atoms with E-state index in [1.807, 2.05) is 40.4 Å². The molecule has 3 aliphatic rings. The predicted molar refractivity (Wildman–Crippen MR) is 211 cm³/mol. The summed E-state index contributed by atoms with van der Waals surface area (Å²) in [5, 5.41) is 4.99. The number of hydrogen-bond acceptors (Lipinski definition) is 9. The zero-order valence-electron chi connectivity index (χ0n) is 32.2. The van der Waals surface area contributed by atoms with Crippen LogP contribution in [0.4, 0.5) is 19.0 Å². The van der Waals surface area contributed by atoms with Gasteiger partial charge in [-0.3, -0.25) is 13.8 Å². The van der Waals surface area contributed by atoms with Gasteiger partial charge in [-0.25, -0.2) is 18.2 Å². The van der Waals surface area contributed by atoms with E-state index in [1.54, 1.807) is 17.7 Å². The summed E-state index contributed by atoms with van der Waals surface area (Å²) in [6, 6.07) is 8.15. The van der Waals surface area contributed by atoms with Gasteiger partial charge in [0.1, 0.15) is 5.82 Å². The van der Waals surface area contributed by atoms with Crippen molar-refractivity contribution in [3.8, 4) is 11.3 Å². The van der Waals surface area contributed by atoms with Crippen LogP contribution < -0.4 is 10.6 Å². The fourth-order valence-corrected chi connectivity index (χ4v) is 10.2. The summed E-state index contributed by atoms with van der Waals surface area (Å²) in [4.78, 5) is 25.0. The minimum atomic E-state index is -4.50. The number of nitrogens with zero attached hydrogens (tertiary/aromatic N) is 9. The number of likely N-dealkylation sites (tertiary alicyclic amines) is 2. The number of sulfonamides is 1. The maximum atomic E-state index is 14.2. The van der Waals surface area contributed by atoms with Crippen molar-refractivity contribution in [1.82, 2.24) is 38.0 Å². The number of benzene rings is 1. The van der Waals surface area contributed by atoms with Crippen LogP contribution in [0.15, 0.2) is 40.0 Å². The van der Waals surface area contributed by atoms with E-state index in [4.69, 9.17) is 10.1 Å². The first-order chi connectivity index (χ1) is 26.2. The van der Waals surface area contributed by atoms with Gasteiger partial charge >= 0.3 is 11.9 Å². The van der Waals surface area contributed by atoms with Crippen molar-refractivity contribution in [2.24, 2.45) is 7.05 Å². The fourth-order valence-electron chi connectivity index (χ4n) is 8.31. The van der Waals surface area contributed by atoms with E-state index in [0.29, 0.717) is 42.2 Å². The lowest BCUT2D eigenvalue weighted by atomic mass is 10.0. The van der Waals surface area contributed by atoms with Crippen molar-refractivity contribution < 1.29 is 21.6 Å². The van der Waals surface area contributed by atoms with Crippen molar-refractivity contribution in [3.05, 3.63) is 57.6 Å². The molecule has 0 atom stereocenters. The summed E-state index contributed by atoms with van der Waals surface area (Å²) in [5.41, 5.74) is 3.62. The Hall–Kier alpha value is -3.38. The summed E-state index contributed by atoms with van der Waals surface area (Å²) in [7, 11) is 2.17. The fraction of sp³-hybridized carbons (Fsp3) is 0.605. The lowest BCUT2D eigenvalue weighted by molar-refractivity contribution is -0.139. The summed E-state index contributed by atoms with van der Waals surface area (Å²) < 4.78 is 74.8. The number of anilines is 1. The highest BCUT2D eigenvalue weighted by Crippen LogP contribution is 2.40. The number of aryl methyl sites for hydroxylation is 2. The third kappa shape index (κ3) is 8.65. The maximum absolute atomic E-state index is 14.2. The molecule has 2 saturated heterocycles. The largest absolute Gasteiger partial charge is 0.417 e. The van der Waals surface area contributed by atoms with Crippen molar-refractivity contribution in [2.75, 3.05) is 76.8 Å². The van der Waals surface area contributed by atoms with Crippen molar-refractivity contribution in [3.63, 3.8) is 0 Å². The summed E-state index contributed by atoms with van der Waals surface area (Å²) in [6.07, 6.45) is 3.04. The highest BCUT2D eigenvalue weighted by molar-refractivity contribution is 7.99. The Kier molecular flexibility index (Phi) is 11.8. The highest BCUT2D eigenvalue weighted by atomic mass is 32.2. The Balaban J connectivity index is 1.06. The van der Waals surface area contributed by atoms with E-state index < -0.39 is 21.8 Å². The summed E-state index contributed by atoms with van der Waals surface area (Å²) in [6.45, 7) is 6.22. The smallest absolute Gasteiger partial charge is 0.363 e. The molecule has 6 heterocycles. The number of pyridine rings is 1. The topological polar surface area (TPSA) is 105 Å². The first kappa shape index (κ1) is 39.8. The summed E-state index contributed by atoms with van der Waals surface area (Å²) in [5.74, 6) is 1.35. The molecule has 2 fully saturated rings. The first-order valence-electron chi connectivity index (χ1n) is 19.3. The van der Waals surface area contributed by atoms with E-state index in [1.165, 1.54) is 34.8 Å². The van der Waals surface area contributed by atoms with Gasteiger partial charge in [-0.05, 0) is 76.0 Å². The maximum Gasteiger partial charge on any atom is 0.417 e. The molecule has 1 aromatic carbocycles. The number of alkyl halides is 3. The first-order valence-corrected chi connectivity index (χ1v) is 22.1. The molecule has 0 saturated carbocycles. The Morgan fingerprint density at radius 2 is 1.67 bits per heavy atom. The molecule has 0 spiro atoms. The van der Waals surface area contributed by atoms with Crippen molar-refractivity contribution in [1.29, 1.82) is 0 Å². The molecule has 17 heteroatoms. The van der Waals surface area contributed by atoms with Gasteiger partial charge < -0.3 is 14.7 Å². The normalized spacial score (nSPS) is 18.3. The van der Waals surface area contributed by atoms with E-state index in [0.717, 1.165) is 100 Å². The van der Waals surface area contributed by atoms with Crippen LogP contribution in [0.2, 0.25) is 0 Å². The van der Waals surface area contributed by atoms with Crippen LogP contribution in [-0.2, 0) is 42.8 Å². The van der Waals surface area contributed by atoms with E-state index in [9.17, 15) is 26.4 Å². The molecule has 0 N–H and O–H groups in total. The molecular formula is C38H52F3N9O3S2.